The van der Waals surface area contributed by atoms with Crippen LogP contribution in [0.15, 0.2) is 12.2 Å². The first-order valence-electron chi connectivity index (χ1n) is 5.71. The summed E-state index contributed by atoms with van der Waals surface area (Å²) in [4.78, 5) is 0. The lowest BCUT2D eigenvalue weighted by Crippen LogP contribution is -2.20. The maximum Gasteiger partial charge on any atom is 0.154 e. The smallest absolute Gasteiger partial charge is 0.154 e. The van der Waals surface area contributed by atoms with Gasteiger partial charge >= 0.3 is 0 Å². The molecule has 2 rings (SSSR count). The quantitative estimate of drug-likeness (QED) is 0.497. The molecule has 14 heavy (non-hydrogen) atoms. The largest absolute Gasteiger partial charge is 0.353 e. The number of fused-ring (bicyclic) bond motifs is 2. The molecule has 0 heterocycles. The van der Waals surface area contributed by atoms with Gasteiger partial charge in [-0.25, -0.2) is 0 Å². The second kappa shape index (κ2) is 4.45. The van der Waals surface area contributed by atoms with Crippen LogP contribution in [0.3, 0.4) is 0 Å². The van der Waals surface area contributed by atoms with Crippen LogP contribution in [-0.2, 0) is 9.47 Å². The van der Waals surface area contributed by atoms with E-state index in [1.807, 2.05) is 13.8 Å². The zero-order chi connectivity index (χ0) is 9.97. The average Bonchev–Trinajstić information content (AvgIpc) is 2.76. The SMILES string of the molecule is CCOC(C)OCC1CC2C=CC1C2. The molecule has 4 unspecified atom stereocenters. The van der Waals surface area contributed by atoms with E-state index in [0.29, 0.717) is 0 Å². The molecule has 2 heteroatoms. The van der Waals surface area contributed by atoms with E-state index in [1.54, 1.807) is 0 Å². The van der Waals surface area contributed by atoms with Crippen LogP contribution >= 0.6 is 0 Å². The lowest BCUT2D eigenvalue weighted by molar-refractivity contribution is -0.136. The van der Waals surface area contributed by atoms with E-state index in [2.05, 4.69) is 12.2 Å². The Morgan fingerprint density at radius 2 is 2.14 bits per heavy atom. The second-order valence-corrected chi connectivity index (χ2v) is 4.40. The maximum absolute atomic E-state index is 5.66. The predicted octanol–water partition coefficient (Wildman–Crippen LogP) is 2.60. The zero-order valence-corrected chi connectivity index (χ0v) is 9.11. The third-order valence-electron chi connectivity index (χ3n) is 3.36. The summed E-state index contributed by atoms with van der Waals surface area (Å²) in [6, 6.07) is 0. The van der Waals surface area contributed by atoms with Crippen molar-refractivity contribution in [1.82, 2.24) is 0 Å². The highest BCUT2D eigenvalue weighted by atomic mass is 16.7. The van der Waals surface area contributed by atoms with Gasteiger partial charge in [-0.15, -0.1) is 0 Å². The number of hydrogen-bond acceptors (Lipinski definition) is 2. The van der Waals surface area contributed by atoms with Crippen molar-refractivity contribution in [2.75, 3.05) is 13.2 Å². The van der Waals surface area contributed by atoms with Gasteiger partial charge in [0.15, 0.2) is 6.29 Å². The second-order valence-electron chi connectivity index (χ2n) is 4.40. The van der Waals surface area contributed by atoms with Gasteiger partial charge in [0.25, 0.3) is 0 Å². The summed E-state index contributed by atoms with van der Waals surface area (Å²) in [6.45, 7) is 5.58. The standard InChI is InChI=1S/C12H20O2/c1-3-13-9(2)14-8-12-7-10-4-5-11(12)6-10/h4-5,9-12H,3,6-8H2,1-2H3. The minimum absolute atomic E-state index is 0.0388. The summed E-state index contributed by atoms with van der Waals surface area (Å²) in [5.41, 5.74) is 0. The van der Waals surface area contributed by atoms with E-state index < -0.39 is 0 Å². The van der Waals surface area contributed by atoms with Crippen molar-refractivity contribution in [2.45, 2.75) is 33.0 Å². The van der Waals surface area contributed by atoms with E-state index in [9.17, 15) is 0 Å². The Morgan fingerprint density at radius 3 is 2.71 bits per heavy atom. The minimum atomic E-state index is -0.0388. The average molecular weight is 196 g/mol. The van der Waals surface area contributed by atoms with Crippen molar-refractivity contribution in [1.29, 1.82) is 0 Å². The van der Waals surface area contributed by atoms with Crippen molar-refractivity contribution < 1.29 is 9.47 Å². The number of ether oxygens (including phenoxy) is 2. The van der Waals surface area contributed by atoms with E-state index in [0.717, 1.165) is 31.0 Å². The molecule has 0 amide bonds. The third-order valence-corrected chi connectivity index (χ3v) is 3.36. The van der Waals surface area contributed by atoms with Crippen LogP contribution in [0.25, 0.3) is 0 Å². The molecular weight excluding hydrogens is 176 g/mol. The van der Waals surface area contributed by atoms with Gasteiger partial charge in [-0.2, -0.15) is 0 Å². The van der Waals surface area contributed by atoms with Crippen LogP contribution in [-0.4, -0.2) is 19.5 Å². The first-order chi connectivity index (χ1) is 6.79. The summed E-state index contributed by atoms with van der Waals surface area (Å²) < 4.78 is 11.0. The van der Waals surface area contributed by atoms with Crippen molar-refractivity contribution >= 4 is 0 Å². The summed E-state index contributed by atoms with van der Waals surface area (Å²) in [5, 5.41) is 0. The molecule has 1 fully saturated rings. The van der Waals surface area contributed by atoms with Crippen molar-refractivity contribution in [3.05, 3.63) is 12.2 Å². The predicted molar refractivity (Wildman–Crippen MR) is 55.9 cm³/mol. The molecule has 0 aromatic rings. The molecule has 0 radical (unpaired) electrons. The van der Waals surface area contributed by atoms with Gasteiger partial charge in [0, 0.05) is 6.61 Å². The molecule has 0 aromatic carbocycles. The van der Waals surface area contributed by atoms with E-state index in [4.69, 9.17) is 9.47 Å². The van der Waals surface area contributed by atoms with E-state index in [1.165, 1.54) is 12.8 Å². The summed E-state index contributed by atoms with van der Waals surface area (Å²) in [5.74, 6) is 2.37. The molecular formula is C12H20O2. The fourth-order valence-corrected chi connectivity index (χ4v) is 2.63. The highest BCUT2D eigenvalue weighted by Crippen LogP contribution is 2.43. The molecule has 0 aromatic heterocycles. The summed E-state index contributed by atoms with van der Waals surface area (Å²) >= 11 is 0. The van der Waals surface area contributed by atoms with Crippen LogP contribution in [0.5, 0.6) is 0 Å². The lowest BCUT2D eigenvalue weighted by Gasteiger charge is -2.20. The van der Waals surface area contributed by atoms with Crippen LogP contribution in [0.4, 0.5) is 0 Å². The Bertz CT molecular complexity index is 212. The Hall–Kier alpha value is -0.340. The van der Waals surface area contributed by atoms with Gasteiger partial charge in [-0.3, -0.25) is 0 Å². The van der Waals surface area contributed by atoms with Gasteiger partial charge in [0.1, 0.15) is 0 Å². The molecule has 80 valence electrons. The Labute approximate surface area is 86.3 Å². The first kappa shape index (κ1) is 10.2. The van der Waals surface area contributed by atoms with Gasteiger partial charge in [-0.05, 0) is 44.4 Å². The van der Waals surface area contributed by atoms with Crippen LogP contribution in [0, 0.1) is 17.8 Å². The van der Waals surface area contributed by atoms with Crippen molar-refractivity contribution in [3.63, 3.8) is 0 Å². The van der Waals surface area contributed by atoms with Crippen molar-refractivity contribution in [2.24, 2.45) is 17.8 Å². The molecule has 0 saturated heterocycles. The van der Waals surface area contributed by atoms with Crippen LogP contribution in [0.1, 0.15) is 26.7 Å². The molecule has 2 nitrogen and oxygen atoms in total. The highest BCUT2D eigenvalue weighted by Gasteiger charge is 2.35. The number of hydrogen-bond donors (Lipinski definition) is 0. The molecule has 2 bridgehead atoms. The topological polar surface area (TPSA) is 18.5 Å². The minimum Gasteiger partial charge on any atom is -0.353 e. The fraction of sp³-hybridized carbons (Fsp3) is 0.833. The summed E-state index contributed by atoms with van der Waals surface area (Å²) in [6.07, 6.45) is 7.38. The van der Waals surface area contributed by atoms with Gasteiger partial charge < -0.3 is 9.47 Å². The molecule has 2 aliphatic rings. The molecule has 1 saturated carbocycles. The molecule has 4 atom stereocenters. The third kappa shape index (κ3) is 2.18. The van der Waals surface area contributed by atoms with E-state index in [-0.39, 0.29) is 6.29 Å². The maximum atomic E-state index is 5.66. The van der Waals surface area contributed by atoms with Crippen molar-refractivity contribution in [3.8, 4) is 0 Å². The zero-order valence-electron chi connectivity index (χ0n) is 9.11. The van der Waals surface area contributed by atoms with Gasteiger partial charge in [-0.1, -0.05) is 12.2 Å². The summed E-state index contributed by atoms with van der Waals surface area (Å²) in [7, 11) is 0. The molecule has 2 aliphatic carbocycles. The number of rotatable bonds is 5. The van der Waals surface area contributed by atoms with Crippen LogP contribution in [0.2, 0.25) is 0 Å². The van der Waals surface area contributed by atoms with Gasteiger partial charge in [0.2, 0.25) is 0 Å². The Kier molecular flexibility index (Phi) is 3.24. The molecule has 0 aliphatic heterocycles. The fourth-order valence-electron chi connectivity index (χ4n) is 2.63. The van der Waals surface area contributed by atoms with Crippen LogP contribution < -0.4 is 0 Å². The Morgan fingerprint density at radius 1 is 1.29 bits per heavy atom. The van der Waals surface area contributed by atoms with E-state index >= 15 is 0 Å². The Balaban J connectivity index is 1.69. The highest BCUT2D eigenvalue weighted by molar-refractivity contribution is 5.09. The lowest BCUT2D eigenvalue weighted by atomic mass is 9.95. The normalized spacial score (nSPS) is 36.6. The molecule has 0 spiro atoms. The van der Waals surface area contributed by atoms with Gasteiger partial charge in [0.05, 0.1) is 6.61 Å². The first-order valence-corrected chi connectivity index (χ1v) is 5.71. The monoisotopic (exact) mass is 196 g/mol. The molecule has 0 N–H and O–H groups in total. The number of allylic oxidation sites excluding steroid dienone is 2.